The molecule has 1 atom stereocenters. The highest BCUT2D eigenvalue weighted by atomic mass is 35.5. The van der Waals surface area contributed by atoms with E-state index in [0.29, 0.717) is 0 Å². The van der Waals surface area contributed by atoms with Crippen LogP contribution in [0.4, 0.5) is 13.2 Å². The molecule has 1 aromatic carbocycles. The Morgan fingerprint density at radius 3 is 2.16 bits per heavy atom. The maximum absolute atomic E-state index is 13.1. The molecule has 1 unspecified atom stereocenters. The standard InChI is InChI=1S/C14H16ClF3O/c1-2-13(19,14(16,17)18)11-7-9-5-3-4-6-10(9)8-12(11)15/h7-8,19H,2-6H2,1H3. The van der Waals surface area contributed by atoms with Crippen molar-refractivity contribution in [2.75, 3.05) is 0 Å². The number of halogens is 4. The zero-order valence-electron chi connectivity index (χ0n) is 10.6. The highest BCUT2D eigenvalue weighted by molar-refractivity contribution is 6.31. The third-order valence-corrected chi connectivity index (χ3v) is 4.17. The van der Waals surface area contributed by atoms with E-state index in [1.165, 1.54) is 13.0 Å². The van der Waals surface area contributed by atoms with Gasteiger partial charge >= 0.3 is 6.18 Å². The Morgan fingerprint density at radius 1 is 1.16 bits per heavy atom. The summed E-state index contributed by atoms with van der Waals surface area (Å²) in [6.07, 6.45) is -1.60. The van der Waals surface area contributed by atoms with Crippen LogP contribution in [-0.2, 0) is 18.4 Å². The van der Waals surface area contributed by atoms with Crippen molar-refractivity contribution in [3.63, 3.8) is 0 Å². The van der Waals surface area contributed by atoms with Gasteiger partial charge in [0, 0.05) is 10.6 Å². The van der Waals surface area contributed by atoms with Gasteiger partial charge in [-0.05, 0) is 49.3 Å². The molecule has 0 spiro atoms. The fourth-order valence-corrected chi connectivity index (χ4v) is 2.96. The number of rotatable bonds is 2. The van der Waals surface area contributed by atoms with Crippen LogP contribution in [0.15, 0.2) is 12.1 Å². The number of aryl methyl sites for hydroxylation is 2. The van der Waals surface area contributed by atoms with Crippen molar-refractivity contribution < 1.29 is 18.3 Å². The van der Waals surface area contributed by atoms with Gasteiger partial charge in [-0.15, -0.1) is 0 Å². The minimum absolute atomic E-state index is 0.00215. The van der Waals surface area contributed by atoms with Gasteiger partial charge in [0.05, 0.1) is 0 Å². The minimum Gasteiger partial charge on any atom is -0.376 e. The van der Waals surface area contributed by atoms with Crippen molar-refractivity contribution in [1.29, 1.82) is 0 Å². The molecule has 5 heteroatoms. The summed E-state index contributed by atoms with van der Waals surface area (Å²) in [6, 6.07) is 3.02. The molecule has 1 aromatic rings. The molecule has 2 rings (SSSR count). The van der Waals surface area contributed by atoms with Gasteiger partial charge in [0.1, 0.15) is 0 Å². The summed E-state index contributed by atoms with van der Waals surface area (Å²) in [5, 5.41) is 10.0. The number of aliphatic hydroxyl groups is 1. The van der Waals surface area contributed by atoms with Crippen LogP contribution in [0.5, 0.6) is 0 Å². The Morgan fingerprint density at radius 2 is 1.68 bits per heavy atom. The molecule has 0 heterocycles. The maximum Gasteiger partial charge on any atom is 0.421 e. The lowest BCUT2D eigenvalue weighted by molar-refractivity contribution is -0.267. The molecule has 1 aliphatic rings. The lowest BCUT2D eigenvalue weighted by Gasteiger charge is -2.32. The highest BCUT2D eigenvalue weighted by Crippen LogP contribution is 2.45. The van der Waals surface area contributed by atoms with Gasteiger partial charge in [-0.25, -0.2) is 0 Å². The van der Waals surface area contributed by atoms with Gasteiger partial charge < -0.3 is 5.11 Å². The first-order valence-corrected chi connectivity index (χ1v) is 6.78. The number of alkyl halides is 3. The molecule has 0 aromatic heterocycles. The topological polar surface area (TPSA) is 20.2 Å². The van der Waals surface area contributed by atoms with E-state index in [2.05, 4.69) is 0 Å². The quantitative estimate of drug-likeness (QED) is 0.858. The second-order valence-corrected chi connectivity index (χ2v) is 5.43. The smallest absolute Gasteiger partial charge is 0.376 e. The molecular weight excluding hydrogens is 277 g/mol. The van der Waals surface area contributed by atoms with E-state index in [0.717, 1.165) is 36.8 Å². The van der Waals surface area contributed by atoms with Crippen LogP contribution in [0.2, 0.25) is 5.02 Å². The van der Waals surface area contributed by atoms with Crippen molar-refractivity contribution in [3.05, 3.63) is 33.8 Å². The van der Waals surface area contributed by atoms with Crippen LogP contribution >= 0.6 is 11.6 Å². The first kappa shape index (κ1) is 14.7. The number of hydrogen-bond donors (Lipinski definition) is 1. The molecule has 1 aliphatic carbocycles. The Kier molecular flexibility index (Phi) is 3.85. The fourth-order valence-electron chi connectivity index (χ4n) is 2.62. The van der Waals surface area contributed by atoms with E-state index in [-0.39, 0.29) is 10.6 Å². The Hall–Kier alpha value is -0.740. The number of fused-ring (bicyclic) bond motifs is 1. The van der Waals surface area contributed by atoms with E-state index in [1.54, 1.807) is 6.07 Å². The molecule has 0 fully saturated rings. The van der Waals surface area contributed by atoms with Gasteiger partial charge in [0.25, 0.3) is 0 Å². The van der Waals surface area contributed by atoms with E-state index < -0.39 is 18.2 Å². The predicted octanol–water partition coefficient (Wildman–Crippen LogP) is 4.38. The van der Waals surface area contributed by atoms with Gasteiger partial charge in [-0.3, -0.25) is 0 Å². The van der Waals surface area contributed by atoms with Gasteiger partial charge in [-0.2, -0.15) is 13.2 Å². The van der Waals surface area contributed by atoms with Crippen molar-refractivity contribution in [3.8, 4) is 0 Å². The average molecular weight is 293 g/mol. The fraction of sp³-hybridized carbons (Fsp3) is 0.571. The molecule has 1 N–H and O–H groups in total. The van der Waals surface area contributed by atoms with Gasteiger partial charge in [0.15, 0.2) is 5.60 Å². The highest BCUT2D eigenvalue weighted by Gasteiger charge is 2.54. The van der Waals surface area contributed by atoms with Crippen molar-refractivity contribution in [2.24, 2.45) is 0 Å². The summed E-state index contributed by atoms with van der Waals surface area (Å²) in [4.78, 5) is 0. The van der Waals surface area contributed by atoms with Gasteiger partial charge in [0.2, 0.25) is 0 Å². The molecule has 0 saturated carbocycles. The first-order chi connectivity index (χ1) is 8.79. The SMILES string of the molecule is CCC(O)(c1cc2c(cc1Cl)CCCC2)C(F)(F)F. The van der Waals surface area contributed by atoms with Crippen LogP contribution in [0.3, 0.4) is 0 Å². The summed E-state index contributed by atoms with van der Waals surface area (Å²) >= 11 is 5.97. The molecular formula is C14H16ClF3O. The van der Waals surface area contributed by atoms with Crippen LogP contribution in [0, 0.1) is 0 Å². The molecule has 0 bridgehead atoms. The number of benzene rings is 1. The van der Waals surface area contributed by atoms with Crippen molar-refractivity contribution in [2.45, 2.75) is 50.8 Å². The Balaban J connectivity index is 2.55. The zero-order chi connectivity index (χ0) is 14.3. The van der Waals surface area contributed by atoms with E-state index in [9.17, 15) is 18.3 Å². The van der Waals surface area contributed by atoms with Crippen molar-refractivity contribution in [1.82, 2.24) is 0 Å². The third kappa shape index (κ3) is 2.48. The van der Waals surface area contributed by atoms with Crippen LogP contribution in [-0.4, -0.2) is 11.3 Å². The summed E-state index contributed by atoms with van der Waals surface area (Å²) < 4.78 is 39.3. The first-order valence-electron chi connectivity index (χ1n) is 6.40. The second-order valence-electron chi connectivity index (χ2n) is 5.02. The largest absolute Gasteiger partial charge is 0.421 e. The molecule has 0 saturated heterocycles. The Labute approximate surface area is 115 Å². The molecule has 1 nitrogen and oxygen atoms in total. The maximum atomic E-state index is 13.1. The van der Waals surface area contributed by atoms with E-state index in [1.807, 2.05) is 0 Å². The van der Waals surface area contributed by atoms with Crippen LogP contribution < -0.4 is 0 Å². The summed E-state index contributed by atoms with van der Waals surface area (Å²) in [6.45, 7) is 1.31. The molecule has 0 radical (unpaired) electrons. The summed E-state index contributed by atoms with van der Waals surface area (Å²) in [5.41, 5.74) is -1.21. The Bertz CT molecular complexity index is 484. The lowest BCUT2D eigenvalue weighted by Crippen LogP contribution is -2.42. The lowest BCUT2D eigenvalue weighted by atomic mass is 9.84. The molecule has 106 valence electrons. The molecule has 0 amide bonds. The molecule has 19 heavy (non-hydrogen) atoms. The monoisotopic (exact) mass is 292 g/mol. The van der Waals surface area contributed by atoms with E-state index in [4.69, 9.17) is 11.6 Å². The average Bonchev–Trinajstić information content (AvgIpc) is 2.35. The molecule has 0 aliphatic heterocycles. The summed E-state index contributed by atoms with van der Waals surface area (Å²) in [5.74, 6) is 0. The number of hydrogen-bond acceptors (Lipinski definition) is 1. The van der Waals surface area contributed by atoms with Crippen LogP contribution in [0.1, 0.15) is 42.9 Å². The van der Waals surface area contributed by atoms with E-state index >= 15 is 0 Å². The second kappa shape index (κ2) is 4.98. The summed E-state index contributed by atoms with van der Waals surface area (Å²) in [7, 11) is 0. The van der Waals surface area contributed by atoms with Gasteiger partial charge in [-0.1, -0.05) is 24.6 Å². The predicted molar refractivity (Wildman–Crippen MR) is 68.3 cm³/mol. The van der Waals surface area contributed by atoms with Crippen LogP contribution in [0.25, 0.3) is 0 Å². The van der Waals surface area contributed by atoms with Crippen molar-refractivity contribution >= 4 is 11.6 Å². The zero-order valence-corrected chi connectivity index (χ0v) is 11.4. The third-order valence-electron chi connectivity index (χ3n) is 3.86. The normalized spacial score (nSPS) is 18.8. The minimum atomic E-state index is -4.73.